The van der Waals surface area contributed by atoms with Gasteiger partial charge in [-0.3, -0.25) is 0 Å². The van der Waals surface area contributed by atoms with Crippen molar-refractivity contribution >= 4 is 34.4 Å². The quantitative estimate of drug-likeness (QED) is 0.184. The smallest absolute Gasteiger partial charge is 0.399 e. The van der Waals surface area contributed by atoms with Crippen molar-refractivity contribution in [3.05, 3.63) is 146 Å². The lowest BCUT2D eigenvalue weighted by Crippen LogP contribution is -2.41. The van der Waals surface area contributed by atoms with Crippen LogP contribution in [-0.4, -0.2) is 22.9 Å². The summed E-state index contributed by atoms with van der Waals surface area (Å²) in [7, 11) is -0.405. The first-order valence-electron chi connectivity index (χ1n) is 16.0. The zero-order chi connectivity index (χ0) is 31.5. The minimum Gasteiger partial charge on any atom is -0.399 e. The van der Waals surface area contributed by atoms with Crippen molar-refractivity contribution < 1.29 is 9.31 Å². The largest absolute Gasteiger partial charge is 0.494 e. The maximum atomic E-state index is 6.40. The summed E-state index contributed by atoms with van der Waals surface area (Å²) < 4.78 is 15.2. The van der Waals surface area contributed by atoms with Crippen LogP contribution in [0.3, 0.4) is 0 Å². The summed E-state index contributed by atoms with van der Waals surface area (Å²) >= 11 is 0. The number of rotatable bonds is 5. The minimum atomic E-state index is -0.405. The van der Waals surface area contributed by atoms with Crippen LogP contribution in [0, 0.1) is 0 Å². The molecule has 0 spiro atoms. The summed E-state index contributed by atoms with van der Waals surface area (Å²) in [6, 6.07) is 52.4. The fraction of sp³-hybridized carbons (Fsp3) is 0.143. The lowest BCUT2D eigenvalue weighted by Gasteiger charge is -2.32. The fourth-order valence-corrected chi connectivity index (χ4v) is 6.61. The first-order valence-corrected chi connectivity index (χ1v) is 16.0. The lowest BCUT2D eigenvalue weighted by atomic mass is 9.78. The third-order valence-corrected chi connectivity index (χ3v) is 9.81. The Hall–Kier alpha value is -4.90. The van der Waals surface area contributed by atoms with Gasteiger partial charge in [-0.15, -0.1) is 0 Å². The van der Waals surface area contributed by atoms with Gasteiger partial charge in [-0.2, -0.15) is 0 Å². The summed E-state index contributed by atoms with van der Waals surface area (Å²) in [5.41, 5.74) is 10.8. The Labute approximate surface area is 271 Å². The van der Waals surface area contributed by atoms with E-state index in [2.05, 4.69) is 178 Å². The van der Waals surface area contributed by atoms with Gasteiger partial charge in [0.1, 0.15) is 0 Å². The first kappa shape index (κ1) is 28.6. The molecule has 2 heterocycles. The van der Waals surface area contributed by atoms with Crippen molar-refractivity contribution in [2.45, 2.75) is 38.9 Å². The van der Waals surface area contributed by atoms with E-state index in [9.17, 15) is 0 Å². The molecule has 0 unspecified atom stereocenters. The highest BCUT2D eigenvalue weighted by Gasteiger charge is 2.51. The maximum absolute atomic E-state index is 6.40. The molecule has 6 aromatic carbocycles. The fourth-order valence-electron chi connectivity index (χ4n) is 6.61. The molecule has 46 heavy (non-hydrogen) atoms. The van der Waals surface area contributed by atoms with Crippen LogP contribution in [0.4, 0.5) is 0 Å². The number of nitrogens with zero attached hydrogens (tertiary/aromatic N) is 1. The van der Waals surface area contributed by atoms with E-state index in [-0.39, 0.29) is 11.2 Å². The van der Waals surface area contributed by atoms with Gasteiger partial charge >= 0.3 is 7.12 Å². The average Bonchev–Trinajstić information content (AvgIpc) is 3.53. The van der Waals surface area contributed by atoms with E-state index in [4.69, 9.17) is 9.31 Å². The Morgan fingerprint density at radius 3 is 1.63 bits per heavy atom. The molecule has 0 amide bonds. The normalized spacial score (nSPS) is 15.5. The van der Waals surface area contributed by atoms with Crippen molar-refractivity contribution in [2.75, 3.05) is 0 Å². The van der Waals surface area contributed by atoms with Crippen molar-refractivity contribution in [2.24, 2.45) is 0 Å². The molecule has 7 aromatic rings. The van der Waals surface area contributed by atoms with E-state index in [0.717, 1.165) is 22.3 Å². The van der Waals surface area contributed by atoms with Gasteiger partial charge in [-0.05, 0) is 96.9 Å². The summed E-state index contributed by atoms with van der Waals surface area (Å²) in [4.78, 5) is 0. The molecule has 1 aromatic heterocycles. The number of aromatic nitrogens is 1. The van der Waals surface area contributed by atoms with Crippen molar-refractivity contribution in [1.82, 2.24) is 4.57 Å². The van der Waals surface area contributed by atoms with Gasteiger partial charge in [-0.1, -0.05) is 115 Å². The topological polar surface area (TPSA) is 23.4 Å². The molecule has 3 nitrogen and oxygen atoms in total. The van der Waals surface area contributed by atoms with Crippen LogP contribution < -0.4 is 5.46 Å². The van der Waals surface area contributed by atoms with E-state index in [1.807, 2.05) is 0 Å². The molecule has 1 aliphatic heterocycles. The van der Waals surface area contributed by atoms with E-state index < -0.39 is 7.12 Å². The first-order chi connectivity index (χ1) is 22.3. The molecule has 0 saturated carbocycles. The van der Waals surface area contributed by atoms with Gasteiger partial charge in [0.05, 0.1) is 22.2 Å². The predicted octanol–water partition coefficient (Wildman–Crippen LogP) is 10.1. The molecule has 0 aliphatic carbocycles. The van der Waals surface area contributed by atoms with Crippen LogP contribution in [0.5, 0.6) is 0 Å². The molecule has 224 valence electrons. The molecule has 0 bridgehead atoms. The Kier molecular flexibility index (Phi) is 6.75. The minimum absolute atomic E-state index is 0.388. The number of para-hydroxylation sites is 1. The number of benzene rings is 6. The van der Waals surface area contributed by atoms with Gasteiger partial charge < -0.3 is 13.9 Å². The Bertz CT molecular complexity index is 2140. The van der Waals surface area contributed by atoms with Crippen LogP contribution in [0.25, 0.3) is 60.9 Å². The Morgan fingerprint density at radius 1 is 0.435 bits per heavy atom. The van der Waals surface area contributed by atoms with Crippen LogP contribution in [0.15, 0.2) is 146 Å². The van der Waals surface area contributed by atoms with E-state index in [0.29, 0.717) is 0 Å². The zero-order valence-corrected chi connectivity index (χ0v) is 26.7. The van der Waals surface area contributed by atoms with Gasteiger partial charge in [0.15, 0.2) is 0 Å². The van der Waals surface area contributed by atoms with Gasteiger partial charge in [-0.25, -0.2) is 0 Å². The summed E-state index contributed by atoms with van der Waals surface area (Å²) in [5, 5.41) is 2.47. The molecule has 4 heteroatoms. The average molecular weight is 598 g/mol. The number of hydrogen-bond donors (Lipinski definition) is 0. The molecule has 1 aliphatic rings. The Morgan fingerprint density at radius 2 is 0.978 bits per heavy atom. The lowest BCUT2D eigenvalue weighted by molar-refractivity contribution is 0.00578. The molecule has 0 N–H and O–H groups in total. The molecule has 0 atom stereocenters. The molecular weight excluding hydrogens is 561 g/mol. The van der Waals surface area contributed by atoms with Gasteiger partial charge in [0.25, 0.3) is 0 Å². The maximum Gasteiger partial charge on any atom is 0.494 e. The molecular formula is C42H36BNO2. The monoisotopic (exact) mass is 597 g/mol. The number of fused-ring (bicyclic) bond motifs is 3. The summed E-state index contributed by atoms with van der Waals surface area (Å²) in [6.07, 6.45) is 0. The highest BCUT2D eigenvalue weighted by Crippen LogP contribution is 2.39. The van der Waals surface area contributed by atoms with Crippen LogP contribution in [0.2, 0.25) is 0 Å². The SMILES string of the molecule is CC1(C)OB(c2cccc(-c3ccc4c5ccccc5n(-c5cc(-c6ccccc6)cc(-c6ccccc6)c5)c4c3)c2)OC1(C)C. The zero-order valence-electron chi connectivity index (χ0n) is 26.7. The Balaban J connectivity index is 1.31. The second kappa shape index (κ2) is 10.9. The summed E-state index contributed by atoms with van der Waals surface area (Å²) in [6.45, 7) is 8.39. The number of hydrogen-bond acceptors (Lipinski definition) is 2. The highest BCUT2D eigenvalue weighted by atomic mass is 16.7. The predicted molar refractivity (Wildman–Crippen MR) is 193 cm³/mol. The highest BCUT2D eigenvalue weighted by molar-refractivity contribution is 6.62. The second-order valence-corrected chi connectivity index (χ2v) is 13.3. The molecule has 8 rings (SSSR count). The van der Waals surface area contributed by atoms with E-state index >= 15 is 0 Å². The van der Waals surface area contributed by atoms with Gasteiger partial charge in [0, 0.05) is 16.5 Å². The van der Waals surface area contributed by atoms with Crippen LogP contribution in [0.1, 0.15) is 27.7 Å². The third kappa shape index (κ3) is 4.86. The van der Waals surface area contributed by atoms with Crippen molar-refractivity contribution in [3.63, 3.8) is 0 Å². The van der Waals surface area contributed by atoms with E-state index in [1.54, 1.807) is 0 Å². The van der Waals surface area contributed by atoms with Crippen molar-refractivity contribution in [3.8, 4) is 39.1 Å². The van der Waals surface area contributed by atoms with Gasteiger partial charge in [0.2, 0.25) is 0 Å². The third-order valence-electron chi connectivity index (χ3n) is 9.81. The molecule has 1 fully saturated rings. The molecule has 0 radical (unpaired) electrons. The van der Waals surface area contributed by atoms with Crippen LogP contribution in [-0.2, 0) is 9.31 Å². The summed E-state index contributed by atoms with van der Waals surface area (Å²) in [5.74, 6) is 0. The molecule has 1 saturated heterocycles. The standard InChI is InChI=1S/C42H36BNO2/c1-41(2)42(3,4)46-43(45-41)35-19-13-18-31(25-35)32-22-23-38-37-20-11-12-21-39(37)44(40(38)28-32)36-26-33(29-14-7-5-8-15-29)24-34(27-36)30-16-9-6-10-17-30/h5-28H,1-4H3. The van der Waals surface area contributed by atoms with Crippen LogP contribution >= 0.6 is 0 Å². The van der Waals surface area contributed by atoms with Crippen molar-refractivity contribution in [1.29, 1.82) is 0 Å². The van der Waals surface area contributed by atoms with E-state index in [1.165, 1.54) is 44.1 Å². The second-order valence-electron chi connectivity index (χ2n) is 13.3.